The quantitative estimate of drug-likeness (QED) is 0.0421. The fourth-order valence-electron chi connectivity index (χ4n) is 8.93. The summed E-state index contributed by atoms with van der Waals surface area (Å²) in [6.45, 7) is 10.6. The fraction of sp³-hybridized carbons (Fsp3) is 1.00. The molecule has 0 atom stereocenters. The third-order valence-corrected chi connectivity index (χ3v) is 13.6. The van der Waals surface area contributed by atoms with Gasteiger partial charge < -0.3 is 135 Å². The number of rotatable bonds is 44. The third-order valence-electron chi connectivity index (χ3n) is 13.6. The second kappa shape index (κ2) is 64.0. The molecule has 0 fully saturated rings. The molecule has 80 heavy (non-hydrogen) atoms. The summed E-state index contributed by atoms with van der Waals surface area (Å²) in [7, 11) is 54.9. The van der Waals surface area contributed by atoms with Crippen molar-refractivity contribution in [3.8, 4) is 0 Å². The Morgan fingerprint density at radius 1 is 0.100 bits per heavy atom. The van der Waals surface area contributed by atoms with Crippen molar-refractivity contribution >= 4 is 0 Å². The number of quaternary nitrogens is 8. The van der Waals surface area contributed by atoms with Gasteiger partial charge in [0.2, 0.25) is 0 Å². The first-order chi connectivity index (χ1) is 32.8. The minimum atomic E-state index is 0. The highest BCUT2D eigenvalue weighted by Gasteiger charge is 2.11. The van der Waals surface area contributed by atoms with Crippen molar-refractivity contribution < 1.29 is 135 Å². The van der Waals surface area contributed by atoms with E-state index in [0.29, 0.717) is 0 Å². The van der Waals surface area contributed by atoms with Crippen molar-refractivity contribution in [1.29, 1.82) is 0 Å². The summed E-state index contributed by atoms with van der Waals surface area (Å²) in [5.74, 6) is 0. The van der Waals surface area contributed by atoms with Crippen LogP contribution in [0.4, 0.5) is 0 Å². The van der Waals surface area contributed by atoms with Gasteiger partial charge in [0.1, 0.15) is 0 Å². The third kappa shape index (κ3) is 130. The van der Waals surface area contributed by atoms with Crippen molar-refractivity contribution in [2.75, 3.05) is 222 Å². The molecule has 0 radical (unpaired) electrons. The average Bonchev–Trinajstić information content (AvgIpc) is 3.18. The summed E-state index contributed by atoms with van der Waals surface area (Å²) in [6, 6.07) is 0. The Kier molecular flexibility index (Phi) is 87.8. The van der Waals surface area contributed by atoms with Gasteiger partial charge in [0.25, 0.3) is 0 Å². The molecule has 0 spiro atoms. The van der Waals surface area contributed by atoms with Gasteiger partial charge in [0.05, 0.1) is 222 Å². The van der Waals surface area contributed by atoms with Crippen LogP contribution in [0.15, 0.2) is 0 Å². The number of nitrogens with zero attached hydrogens (tertiary/aromatic N) is 8. The van der Waals surface area contributed by atoms with Crippen LogP contribution < -0.4 is 99.3 Å². The van der Waals surface area contributed by atoms with Gasteiger partial charge in [0, 0.05) is 0 Å². The summed E-state index contributed by atoms with van der Waals surface area (Å²) in [4.78, 5) is 0. The van der Waals surface area contributed by atoms with E-state index in [9.17, 15) is 0 Å². The Bertz CT molecular complexity index is 871. The van der Waals surface area contributed by atoms with Gasteiger partial charge in [0.15, 0.2) is 0 Å². The van der Waals surface area contributed by atoms with Crippen LogP contribution in [0.2, 0.25) is 0 Å². The van der Waals surface area contributed by atoms with E-state index in [1.807, 2.05) is 0 Å². The van der Waals surface area contributed by atoms with Crippen LogP contribution in [0.25, 0.3) is 0 Å². The Morgan fingerprint density at radius 3 is 0.200 bits per heavy atom. The maximum Gasteiger partial charge on any atom is 0.0780 e. The molecule has 0 amide bonds. The smallest absolute Gasteiger partial charge is 0.0780 e. The van der Waals surface area contributed by atoms with Crippen molar-refractivity contribution in [3.05, 3.63) is 0 Å². The zero-order valence-corrected chi connectivity index (χ0v) is 64.9. The summed E-state index contributed by atoms with van der Waals surface area (Å²) in [6.07, 6.45) is 45.6. The van der Waals surface area contributed by atoms with Crippen molar-refractivity contribution in [2.24, 2.45) is 0 Å². The van der Waals surface area contributed by atoms with Gasteiger partial charge in [-0.1, -0.05) is 103 Å². The summed E-state index contributed by atoms with van der Waals surface area (Å²) in [5.41, 5.74) is 0. The Labute approximate surface area is 558 Å². The molecule has 0 aromatic rings. The van der Waals surface area contributed by atoms with Gasteiger partial charge in [-0.15, -0.1) is 0 Å². The van der Waals surface area contributed by atoms with Crippen molar-refractivity contribution in [2.45, 2.75) is 205 Å². The van der Waals surface area contributed by atoms with Gasteiger partial charge >= 0.3 is 0 Å². The standard InChI is InChI=1S/4C16H38N2.8ClH/c4*1-17(2,3)15-13-11-9-7-8-10-12-14-16-18(4,5)6;;;;;;;;/h4*7-16H2,1-6H3;8*1H/q4*+2;;;;;;;;/p-8. The lowest BCUT2D eigenvalue weighted by atomic mass is 10.1. The van der Waals surface area contributed by atoms with Crippen LogP contribution >= 0.6 is 0 Å². The maximum atomic E-state index is 2.29. The molecule has 0 unspecified atom stereocenters. The molecule has 0 aliphatic rings. The van der Waals surface area contributed by atoms with E-state index in [4.69, 9.17) is 0 Å². The zero-order valence-electron chi connectivity index (χ0n) is 58.9. The molecule has 16 heteroatoms. The predicted octanol–water partition coefficient (Wildman–Crippen LogP) is -9.89. The lowest BCUT2D eigenvalue weighted by Crippen LogP contribution is -3.00. The van der Waals surface area contributed by atoms with E-state index in [2.05, 4.69) is 169 Å². The zero-order chi connectivity index (χ0) is 56.3. The van der Waals surface area contributed by atoms with E-state index < -0.39 is 0 Å². The molecule has 0 saturated carbocycles. The lowest BCUT2D eigenvalue weighted by molar-refractivity contribution is -0.870. The summed E-state index contributed by atoms with van der Waals surface area (Å²) >= 11 is 0. The van der Waals surface area contributed by atoms with E-state index in [1.165, 1.54) is 258 Å². The molecule has 0 rings (SSSR count). The maximum absolute atomic E-state index is 2.29. The molecule has 0 bridgehead atoms. The van der Waals surface area contributed by atoms with Crippen LogP contribution in [0, 0.1) is 0 Å². The van der Waals surface area contributed by atoms with E-state index >= 15 is 0 Å². The molecule has 0 aliphatic carbocycles. The van der Waals surface area contributed by atoms with Crippen LogP contribution in [-0.2, 0) is 0 Å². The average molecular weight is 1320 g/mol. The highest BCUT2D eigenvalue weighted by Crippen LogP contribution is 2.14. The number of hydrogen-bond acceptors (Lipinski definition) is 0. The van der Waals surface area contributed by atoms with E-state index in [0.717, 1.165) is 35.9 Å². The molecule has 0 N–H and O–H groups in total. The Balaban J connectivity index is -0.0000000746. The molecule has 8 nitrogen and oxygen atoms in total. The van der Waals surface area contributed by atoms with E-state index in [-0.39, 0.29) is 99.3 Å². The van der Waals surface area contributed by atoms with Crippen LogP contribution in [0.3, 0.4) is 0 Å². The van der Waals surface area contributed by atoms with E-state index in [1.54, 1.807) is 0 Å². The summed E-state index contributed by atoms with van der Waals surface area (Å²) < 4.78 is 8.93. The largest absolute Gasteiger partial charge is 1.00 e. The van der Waals surface area contributed by atoms with Crippen molar-refractivity contribution in [3.63, 3.8) is 0 Å². The van der Waals surface area contributed by atoms with Crippen LogP contribution in [0.5, 0.6) is 0 Å². The molecule has 0 aliphatic heterocycles. The van der Waals surface area contributed by atoms with Gasteiger partial charge in [-0.2, -0.15) is 0 Å². The molecule has 0 aromatic carbocycles. The molecule has 504 valence electrons. The molecule has 0 heterocycles. The normalized spacial score (nSPS) is 11.7. The number of hydrogen-bond donors (Lipinski definition) is 0. The van der Waals surface area contributed by atoms with Gasteiger partial charge in [-0.3, -0.25) is 0 Å². The Hall–Kier alpha value is 2.00. The minimum absolute atomic E-state index is 0. The second-order valence-corrected chi connectivity index (χ2v) is 31.4. The lowest BCUT2D eigenvalue weighted by Gasteiger charge is -2.23. The molecular weight excluding hydrogens is 1160 g/mol. The molecule has 0 saturated heterocycles. The topological polar surface area (TPSA) is 0 Å². The highest BCUT2D eigenvalue weighted by atomic mass is 35.5. The van der Waals surface area contributed by atoms with Crippen LogP contribution in [-0.4, -0.2) is 257 Å². The SMILES string of the molecule is C[N+](C)(C)CCCCCCCCCC[N+](C)(C)C.C[N+](C)(C)CCCCCCCCCC[N+](C)(C)C.C[N+](C)(C)CCCCCCCCCC[N+](C)(C)C.C[N+](C)(C)CCCCCCCCCC[N+](C)(C)C.[Cl-].[Cl-].[Cl-].[Cl-].[Cl-].[Cl-].[Cl-].[Cl-]. The number of unbranched alkanes of at least 4 members (excludes halogenated alkanes) is 28. The highest BCUT2D eigenvalue weighted by molar-refractivity contribution is 4.51. The van der Waals surface area contributed by atoms with Crippen molar-refractivity contribution in [1.82, 2.24) is 0 Å². The first-order valence-electron chi connectivity index (χ1n) is 31.3. The molecular formula is C64H152Cl8N8. The minimum Gasteiger partial charge on any atom is -1.00 e. The second-order valence-electron chi connectivity index (χ2n) is 31.4. The fourth-order valence-corrected chi connectivity index (χ4v) is 8.93. The first-order valence-corrected chi connectivity index (χ1v) is 31.3. The summed E-state index contributed by atoms with van der Waals surface area (Å²) in [5, 5.41) is 0. The predicted molar refractivity (Wildman–Crippen MR) is 331 cm³/mol. The number of halogens is 8. The molecule has 0 aromatic heterocycles. The van der Waals surface area contributed by atoms with Gasteiger partial charge in [-0.05, 0) is 103 Å². The van der Waals surface area contributed by atoms with Gasteiger partial charge in [-0.25, -0.2) is 0 Å². The monoisotopic (exact) mass is 1310 g/mol. The Morgan fingerprint density at radius 2 is 0.150 bits per heavy atom. The first kappa shape index (κ1) is 110. The van der Waals surface area contributed by atoms with Crippen LogP contribution in [0.1, 0.15) is 205 Å².